The van der Waals surface area contributed by atoms with E-state index in [0.717, 1.165) is 29.2 Å². The van der Waals surface area contributed by atoms with Crippen LogP contribution in [0, 0.1) is 11.7 Å². The zero-order valence-electron chi connectivity index (χ0n) is 23.0. The lowest BCUT2D eigenvalue weighted by Gasteiger charge is -2.44. The summed E-state index contributed by atoms with van der Waals surface area (Å²) in [6.45, 7) is -1.18. The largest absolute Gasteiger partial charge is 0.491 e. The van der Waals surface area contributed by atoms with Gasteiger partial charge in [-0.05, 0) is 62.4 Å². The average Bonchev–Trinajstić information content (AvgIpc) is 3.37. The molecule has 1 saturated heterocycles. The zero-order valence-corrected chi connectivity index (χ0v) is 23.8. The van der Waals surface area contributed by atoms with Gasteiger partial charge in [-0.2, -0.15) is 26.3 Å². The lowest BCUT2D eigenvalue weighted by atomic mass is 9.77. The number of fused-ring (bicyclic) bond motifs is 3. The van der Waals surface area contributed by atoms with E-state index in [2.05, 4.69) is 0 Å². The van der Waals surface area contributed by atoms with E-state index in [9.17, 15) is 63.3 Å². The zero-order chi connectivity index (χ0) is 33.4. The summed E-state index contributed by atoms with van der Waals surface area (Å²) in [4.78, 5) is 25.6. The van der Waals surface area contributed by atoms with Crippen LogP contribution in [-0.2, 0) is 29.8 Å². The Bertz CT molecular complexity index is 1600. The Hall–Kier alpha value is -3.47. The molecule has 0 spiro atoms. The van der Waals surface area contributed by atoms with Gasteiger partial charge in [-0.1, -0.05) is 12.1 Å². The lowest BCUT2D eigenvalue weighted by Crippen LogP contribution is -2.59. The topological polar surface area (TPSA) is 121 Å². The minimum absolute atomic E-state index is 0.0688. The maximum atomic E-state index is 14.9. The molecule has 5 rings (SSSR count). The molecule has 2 aliphatic heterocycles. The monoisotopic (exact) mass is 671 g/mol. The van der Waals surface area contributed by atoms with Crippen molar-refractivity contribution in [2.75, 3.05) is 13.2 Å². The lowest BCUT2D eigenvalue weighted by molar-refractivity contribution is -0.348. The van der Waals surface area contributed by atoms with Gasteiger partial charge in [0.05, 0.1) is 16.9 Å². The Morgan fingerprint density at radius 1 is 0.911 bits per heavy atom. The molecule has 17 heteroatoms. The summed E-state index contributed by atoms with van der Waals surface area (Å²) in [6.07, 6.45) is -14.1. The molecule has 8 nitrogen and oxygen atoms in total. The van der Waals surface area contributed by atoms with Crippen LogP contribution in [0.5, 0.6) is 5.75 Å². The van der Waals surface area contributed by atoms with E-state index in [0.29, 0.717) is 6.07 Å². The highest BCUT2D eigenvalue weighted by Crippen LogP contribution is 2.57. The van der Waals surface area contributed by atoms with Crippen LogP contribution >= 0.6 is 0 Å². The van der Waals surface area contributed by atoms with Gasteiger partial charge in [0.25, 0.3) is 5.91 Å². The Kier molecular flexibility index (Phi) is 7.71. The molecule has 1 aliphatic carbocycles. The van der Waals surface area contributed by atoms with Crippen LogP contribution < -0.4 is 4.74 Å². The number of alkyl halides is 7. The third-order valence-electron chi connectivity index (χ3n) is 9.08. The van der Waals surface area contributed by atoms with Crippen molar-refractivity contribution in [1.82, 2.24) is 4.90 Å². The highest BCUT2D eigenvalue weighted by molar-refractivity contribution is 7.92. The van der Waals surface area contributed by atoms with E-state index in [4.69, 9.17) is 4.74 Å². The average molecular weight is 672 g/mol. The predicted octanol–water partition coefficient (Wildman–Crippen LogP) is 4.78. The van der Waals surface area contributed by atoms with Crippen molar-refractivity contribution in [2.45, 2.75) is 71.4 Å². The molecule has 246 valence electrons. The number of amides is 1. The van der Waals surface area contributed by atoms with Crippen LogP contribution in [0.4, 0.5) is 35.1 Å². The standard InChI is InChI=1S/C28H25F8NO7S/c29-17-2-4-18(5-3-17)45(42,43)25-11-12-37(23(40)24(41)9-7-15(8-10-24)22(38)39)21(25)14-44-20-13-16(1-6-19(20)25)26(30,27(31,32)33)28(34,35)36/h1-6,13,15,21,41H,7-12,14H2,(H,38,39)/t15-,21?,24+,25?. The number of aliphatic hydroxyl groups is 1. The normalized spacial score (nSPS) is 27.4. The maximum absolute atomic E-state index is 14.9. The Labute approximate surface area is 250 Å². The number of hydrogen-bond donors (Lipinski definition) is 2. The highest BCUT2D eigenvalue weighted by Gasteiger charge is 2.74. The van der Waals surface area contributed by atoms with Crippen LogP contribution in [0.15, 0.2) is 47.4 Å². The van der Waals surface area contributed by atoms with Gasteiger partial charge in [0.1, 0.15) is 28.5 Å². The van der Waals surface area contributed by atoms with E-state index in [1.807, 2.05) is 0 Å². The van der Waals surface area contributed by atoms with Crippen LogP contribution in [-0.4, -0.2) is 72.6 Å². The first-order valence-corrected chi connectivity index (χ1v) is 15.1. The number of nitrogens with zero attached hydrogens (tertiary/aromatic N) is 1. The molecule has 2 aromatic carbocycles. The minimum Gasteiger partial charge on any atom is -0.491 e. The summed E-state index contributed by atoms with van der Waals surface area (Å²) < 4.78 is 142. The number of carboxylic acids is 1. The highest BCUT2D eigenvalue weighted by atomic mass is 32.2. The number of benzene rings is 2. The summed E-state index contributed by atoms with van der Waals surface area (Å²) in [5, 5.41) is 20.5. The quantitative estimate of drug-likeness (QED) is 0.347. The number of hydrogen-bond acceptors (Lipinski definition) is 6. The van der Waals surface area contributed by atoms with Crippen molar-refractivity contribution in [2.24, 2.45) is 5.92 Å². The van der Waals surface area contributed by atoms with Gasteiger partial charge >= 0.3 is 24.0 Å². The van der Waals surface area contributed by atoms with Crippen molar-refractivity contribution >= 4 is 21.7 Å². The minimum atomic E-state index is -6.46. The van der Waals surface area contributed by atoms with Crippen LogP contribution in [0.3, 0.4) is 0 Å². The second-order valence-electron chi connectivity index (χ2n) is 11.4. The number of rotatable bonds is 5. The van der Waals surface area contributed by atoms with Gasteiger partial charge in [0, 0.05) is 17.7 Å². The molecule has 0 aromatic heterocycles. The van der Waals surface area contributed by atoms with Gasteiger partial charge in [0.2, 0.25) is 0 Å². The maximum Gasteiger partial charge on any atom is 0.435 e. The smallest absolute Gasteiger partial charge is 0.435 e. The van der Waals surface area contributed by atoms with Crippen LogP contribution in [0.1, 0.15) is 43.2 Å². The van der Waals surface area contributed by atoms with Gasteiger partial charge in [0.15, 0.2) is 9.84 Å². The summed E-state index contributed by atoms with van der Waals surface area (Å²) in [7, 11) is -4.77. The Morgan fingerprint density at radius 2 is 1.49 bits per heavy atom. The van der Waals surface area contributed by atoms with E-state index < -0.39 is 103 Å². The van der Waals surface area contributed by atoms with Crippen LogP contribution in [0.25, 0.3) is 0 Å². The molecule has 2 heterocycles. The van der Waals surface area contributed by atoms with Gasteiger partial charge < -0.3 is 19.8 Å². The second-order valence-corrected chi connectivity index (χ2v) is 13.6. The van der Waals surface area contributed by atoms with Crippen LogP contribution in [0.2, 0.25) is 0 Å². The molecular formula is C28H25F8NO7S. The number of halogens is 8. The first kappa shape index (κ1) is 32.9. The Balaban J connectivity index is 1.64. The molecule has 3 aliphatic rings. The summed E-state index contributed by atoms with van der Waals surface area (Å²) in [6, 6.07) is 2.76. The third-order valence-corrected chi connectivity index (χ3v) is 11.6. The number of carbonyl (C=O) groups excluding carboxylic acids is 1. The molecule has 0 bridgehead atoms. The molecule has 2 fully saturated rings. The molecule has 1 amide bonds. The first-order valence-electron chi connectivity index (χ1n) is 13.6. The molecule has 2 aromatic rings. The summed E-state index contributed by atoms with van der Waals surface area (Å²) in [5.74, 6) is -4.54. The van der Waals surface area contributed by atoms with Crippen molar-refractivity contribution in [3.63, 3.8) is 0 Å². The van der Waals surface area contributed by atoms with Crippen molar-refractivity contribution in [3.8, 4) is 5.75 Å². The fraction of sp³-hybridized carbons (Fsp3) is 0.500. The Morgan fingerprint density at radius 3 is 2.02 bits per heavy atom. The molecule has 45 heavy (non-hydrogen) atoms. The molecular weight excluding hydrogens is 646 g/mol. The molecule has 2 N–H and O–H groups in total. The predicted molar refractivity (Wildman–Crippen MR) is 137 cm³/mol. The SMILES string of the molecule is O=C(O)[C@H]1CC[C@](O)(C(=O)N2CCC3(S(=O)(=O)c4ccc(F)cc4)c4ccc(C(F)(C(F)(F)F)C(F)(F)F)cc4OCC23)CC1. The van der Waals surface area contributed by atoms with Gasteiger partial charge in [-0.3, -0.25) is 9.59 Å². The fourth-order valence-electron chi connectivity index (χ4n) is 6.61. The van der Waals surface area contributed by atoms with Gasteiger partial charge in [-0.25, -0.2) is 17.2 Å². The van der Waals surface area contributed by atoms with Gasteiger partial charge in [-0.15, -0.1) is 0 Å². The molecule has 1 saturated carbocycles. The molecule has 0 radical (unpaired) electrons. The molecule has 2 atom stereocenters. The van der Waals surface area contributed by atoms with E-state index in [1.54, 1.807) is 0 Å². The van der Waals surface area contributed by atoms with E-state index >= 15 is 0 Å². The van der Waals surface area contributed by atoms with E-state index in [1.165, 1.54) is 0 Å². The number of carboxylic acid groups (broad SMARTS) is 1. The van der Waals surface area contributed by atoms with E-state index in [-0.39, 0.29) is 44.4 Å². The number of ether oxygens (including phenoxy) is 1. The molecule has 2 unspecified atom stereocenters. The van der Waals surface area contributed by atoms with Crippen molar-refractivity contribution in [3.05, 3.63) is 59.4 Å². The number of carbonyl (C=O) groups is 2. The summed E-state index contributed by atoms with van der Waals surface area (Å²) >= 11 is 0. The fourth-order valence-corrected chi connectivity index (χ4v) is 8.90. The number of likely N-dealkylation sites (tertiary alicyclic amines) is 1. The third kappa shape index (κ3) is 4.84. The van der Waals surface area contributed by atoms with Crippen molar-refractivity contribution < 1.29 is 68.1 Å². The number of sulfone groups is 1. The first-order chi connectivity index (χ1) is 20.7. The number of aliphatic carboxylic acids is 1. The van der Waals surface area contributed by atoms with Crippen molar-refractivity contribution in [1.29, 1.82) is 0 Å². The summed E-state index contributed by atoms with van der Waals surface area (Å²) in [5.41, 5.74) is -10.3. The second kappa shape index (κ2) is 10.5.